The highest BCUT2D eigenvalue weighted by atomic mass is 35.5. The number of hydrogen-bond donors (Lipinski definition) is 0. The van der Waals surface area contributed by atoms with Gasteiger partial charge in [-0.2, -0.15) is 0 Å². The van der Waals surface area contributed by atoms with Gasteiger partial charge in [-0.25, -0.2) is 13.4 Å². The van der Waals surface area contributed by atoms with E-state index in [0.717, 1.165) is 6.26 Å². The minimum atomic E-state index is -3.21. The SMILES string of the molecule is CS(=O)(=O)c1ccc2oc(CCl)nc2c1. The van der Waals surface area contributed by atoms with Crippen molar-refractivity contribution in [3.63, 3.8) is 0 Å². The summed E-state index contributed by atoms with van der Waals surface area (Å²) in [6.07, 6.45) is 1.15. The lowest BCUT2D eigenvalue weighted by Gasteiger charge is -1.95. The number of halogens is 1. The van der Waals surface area contributed by atoms with Crippen molar-refractivity contribution in [2.24, 2.45) is 0 Å². The molecule has 2 rings (SSSR count). The fraction of sp³-hybridized carbons (Fsp3) is 0.222. The molecule has 0 saturated carbocycles. The zero-order chi connectivity index (χ0) is 11.1. The molecule has 0 radical (unpaired) electrons. The van der Waals surface area contributed by atoms with E-state index in [9.17, 15) is 8.42 Å². The minimum Gasteiger partial charge on any atom is -0.439 e. The Morgan fingerprint density at radius 1 is 1.47 bits per heavy atom. The van der Waals surface area contributed by atoms with Gasteiger partial charge in [0.25, 0.3) is 0 Å². The Morgan fingerprint density at radius 2 is 2.20 bits per heavy atom. The number of hydrogen-bond acceptors (Lipinski definition) is 4. The molecule has 0 aliphatic rings. The lowest BCUT2D eigenvalue weighted by molar-refractivity contribution is 0.555. The average molecular weight is 246 g/mol. The van der Waals surface area contributed by atoms with Crippen molar-refractivity contribution in [2.45, 2.75) is 10.8 Å². The molecule has 0 amide bonds. The van der Waals surface area contributed by atoms with Crippen LogP contribution in [0.4, 0.5) is 0 Å². The quantitative estimate of drug-likeness (QED) is 0.759. The molecule has 0 unspecified atom stereocenters. The van der Waals surface area contributed by atoms with E-state index in [1.54, 1.807) is 6.07 Å². The second-order valence-electron chi connectivity index (χ2n) is 3.14. The van der Waals surface area contributed by atoms with Crippen molar-refractivity contribution in [3.05, 3.63) is 24.1 Å². The van der Waals surface area contributed by atoms with Gasteiger partial charge in [-0.3, -0.25) is 0 Å². The number of nitrogens with zero attached hydrogens (tertiary/aromatic N) is 1. The second kappa shape index (κ2) is 3.50. The number of fused-ring (bicyclic) bond motifs is 1. The molecular formula is C9H8ClNO3S. The van der Waals surface area contributed by atoms with Crippen molar-refractivity contribution in [2.75, 3.05) is 6.26 Å². The van der Waals surface area contributed by atoms with Gasteiger partial charge in [-0.1, -0.05) is 0 Å². The van der Waals surface area contributed by atoms with Crippen LogP contribution >= 0.6 is 11.6 Å². The van der Waals surface area contributed by atoms with Crippen LogP contribution in [0.25, 0.3) is 11.1 Å². The third-order valence-electron chi connectivity index (χ3n) is 1.95. The Labute approximate surface area is 91.8 Å². The van der Waals surface area contributed by atoms with Gasteiger partial charge in [0.05, 0.1) is 10.8 Å². The summed E-state index contributed by atoms with van der Waals surface area (Å²) in [4.78, 5) is 4.27. The maximum atomic E-state index is 11.3. The molecule has 2 aromatic rings. The Hall–Kier alpha value is -1.07. The highest BCUT2D eigenvalue weighted by Gasteiger charge is 2.11. The number of alkyl halides is 1. The van der Waals surface area contributed by atoms with Gasteiger partial charge in [-0.05, 0) is 18.2 Å². The molecule has 0 saturated heterocycles. The standard InChI is InChI=1S/C9H8ClNO3S/c1-15(12,13)6-2-3-8-7(4-6)11-9(5-10)14-8/h2-4H,5H2,1H3. The lowest BCUT2D eigenvalue weighted by atomic mass is 10.3. The Kier molecular flexibility index (Phi) is 2.44. The zero-order valence-corrected chi connectivity index (χ0v) is 9.47. The van der Waals surface area contributed by atoms with E-state index in [1.807, 2.05) is 0 Å². The van der Waals surface area contributed by atoms with Gasteiger partial charge in [0, 0.05) is 6.26 Å². The summed E-state index contributed by atoms with van der Waals surface area (Å²) in [5.74, 6) is 0.556. The number of rotatable bonds is 2. The third-order valence-corrected chi connectivity index (χ3v) is 3.28. The maximum Gasteiger partial charge on any atom is 0.210 e. The molecule has 1 aromatic carbocycles. The highest BCUT2D eigenvalue weighted by Crippen LogP contribution is 2.20. The summed E-state index contributed by atoms with van der Waals surface area (Å²) in [5, 5.41) is 0. The molecule has 4 nitrogen and oxygen atoms in total. The first kappa shape index (κ1) is 10.4. The fourth-order valence-corrected chi connectivity index (χ4v) is 2.00. The van der Waals surface area contributed by atoms with E-state index < -0.39 is 9.84 Å². The molecule has 1 aromatic heterocycles. The molecule has 15 heavy (non-hydrogen) atoms. The lowest BCUT2D eigenvalue weighted by Crippen LogP contribution is -1.96. The van der Waals surface area contributed by atoms with E-state index >= 15 is 0 Å². The zero-order valence-electron chi connectivity index (χ0n) is 7.90. The van der Waals surface area contributed by atoms with Crippen molar-refractivity contribution in [1.82, 2.24) is 4.98 Å². The van der Waals surface area contributed by atoms with E-state index in [0.29, 0.717) is 17.0 Å². The Balaban J connectivity index is 2.66. The van der Waals surface area contributed by atoms with Gasteiger partial charge >= 0.3 is 0 Å². The van der Waals surface area contributed by atoms with Crippen LogP contribution in [0, 0.1) is 0 Å². The molecule has 0 aliphatic carbocycles. The summed E-state index contributed by atoms with van der Waals surface area (Å²) < 4.78 is 27.8. The number of aromatic nitrogens is 1. The van der Waals surface area contributed by atoms with E-state index in [4.69, 9.17) is 16.0 Å². The van der Waals surface area contributed by atoms with E-state index in [2.05, 4.69) is 4.98 Å². The topological polar surface area (TPSA) is 60.2 Å². The van der Waals surface area contributed by atoms with Gasteiger partial charge < -0.3 is 4.42 Å². The van der Waals surface area contributed by atoms with Crippen LogP contribution in [0.3, 0.4) is 0 Å². The molecule has 0 aliphatic heterocycles. The monoisotopic (exact) mass is 245 g/mol. The van der Waals surface area contributed by atoms with Crippen LogP contribution in [0.2, 0.25) is 0 Å². The smallest absolute Gasteiger partial charge is 0.210 e. The molecule has 0 fully saturated rings. The van der Waals surface area contributed by atoms with Gasteiger partial charge in [0.15, 0.2) is 15.4 Å². The first-order valence-corrected chi connectivity index (χ1v) is 6.59. The maximum absolute atomic E-state index is 11.3. The predicted octanol–water partition coefficient (Wildman–Crippen LogP) is 1.97. The molecule has 6 heteroatoms. The van der Waals surface area contributed by atoms with E-state index in [-0.39, 0.29) is 10.8 Å². The molecule has 0 bridgehead atoms. The Morgan fingerprint density at radius 3 is 2.80 bits per heavy atom. The highest BCUT2D eigenvalue weighted by molar-refractivity contribution is 7.90. The van der Waals surface area contributed by atoms with Gasteiger partial charge in [0.1, 0.15) is 5.52 Å². The first-order valence-electron chi connectivity index (χ1n) is 4.16. The average Bonchev–Trinajstić information content (AvgIpc) is 2.57. The van der Waals surface area contributed by atoms with Crippen LogP contribution in [0.1, 0.15) is 5.89 Å². The number of sulfone groups is 1. The number of benzene rings is 1. The summed E-state index contributed by atoms with van der Waals surface area (Å²) in [7, 11) is -3.21. The summed E-state index contributed by atoms with van der Waals surface area (Å²) in [6, 6.07) is 4.54. The van der Waals surface area contributed by atoms with Gasteiger partial charge in [-0.15, -0.1) is 11.6 Å². The van der Waals surface area contributed by atoms with Crippen molar-refractivity contribution >= 4 is 32.5 Å². The second-order valence-corrected chi connectivity index (χ2v) is 5.43. The third kappa shape index (κ3) is 1.98. The molecule has 0 N–H and O–H groups in total. The molecule has 80 valence electrons. The van der Waals surface area contributed by atoms with Crippen molar-refractivity contribution < 1.29 is 12.8 Å². The van der Waals surface area contributed by atoms with Crippen molar-refractivity contribution in [1.29, 1.82) is 0 Å². The molecule has 1 heterocycles. The summed E-state index contributed by atoms with van der Waals surface area (Å²) in [5.41, 5.74) is 1.05. The fourth-order valence-electron chi connectivity index (χ4n) is 1.24. The van der Waals surface area contributed by atoms with Crippen LogP contribution < -0.4 is 0 Å². The number of oxazole rings is 1. The summed E-state index contributed by atoms with van der Waals surface area (Å²) in [6.45, 7) is 0. The van der Waals surface area contributed by atoms with Crippen LogP contribution in [0.5, 0.6) is 0 Å². The van der Waals surface area contributed by atoms with E-state index in [1.165, 1.54) is 12.1 Å². The van der Waals surface area contributed by atoms with Gasteiger partial charge in [0.2, 0.25) is 5.89 Å². The van der Waals surface area contributed by atoms with Crippen molar-refractivity contribution in [3.8, 4) is 0 Å². The van der Waals surface area contributed by atoms with Crippen LogP contribution in [0.15, 0.2) is 27.5 Å². The van der Waals surface area contributed by atoms with Crippen LogP contribution in [-0.2, 0) is 15.7 Å². The predicted molar refractivity (Wildman–Crippen MR) is 56.7 cm³/mol. The largest absolute Gasteiger partial charge is 0.439 e. The molecular weight excluding hydrogens is 238 g/mol. The van der Waals surface area contributed by atoms with Crippen LogP contribution in [-0.4, -0.2) is 19.7 Å². The summed E-state index contributed by atoms with van der Waals surface area (Å²) >= 11 is 5.55. The molecule has 0 spiro atoms. The Bertz CT molecular complexity index is 603. The molecule has 0 atom stereocenters. The first-order chi connectivity index (χ1) is 7.00. The minimum absolute atomic E-state index is 0.170. The normalized spacial score (nSPS) is 12.1.